The van der Waals surface area contributed by atoms with Crippen molar-refractivity contribution in [3.05, 3.63) is 47.7 Å². The number of hydrogen-bond donors (Lipinski definition) is 1. The first-order valence-corrected chi connectivity index (χ1v) is 7.63. The molecular weight excluding hydrogens is 326 g/mol. The first kappa shape index (κ1) is 18.4. The van der Waals surface area contributed by atoms with Gasteiger partial charge in [0.2, 0.25) is 0 Å². The van der Waals surface area contributed by atoms with Crippen molar-refractivity contribution in [3.63, 3.8) is 0 Å². The van der Waals surface area contributed by atoms with Crippen LogP contribution in [0, 0.1) is 0 Å². The van der Waals surface area contributed by atoms with Crippen LogP contribution < -0.4 is 0 Å². The van der Waals surface area contributed by atoms with E-state index in [0.29, 0.717) is 16.9 Å². The molecule has 0 aliphatic rings. The molecule has 0 fully saturated rings. The third-order valence-electron chi connectivity index (χ3n) is 3.57. The second kappa shape index (κ2) is 8.25. The molecule has 0 aliphatic carbocycles. The highest BCUT2D eigenvalue weighted by Crippen LogP contribution is 2.23. The van der Waals surface area contributed by atoms with Crippen LogP contribution in [-0.2, 0) is 9.53 Å². The number of carboxylic acids is 1. The minimum atomic E-state index is -1.11. The highest BCUT2D eigenvalue weighted by atomic mass is 16.5. The van der Waals surface area contributed by atoms with Crippen LogP contribution in [0.25, 0.3) is 11.3 Å². The molecule has 0 bridgehead atoms. The Morgan fingerprint density at radius 3 is 2.36 bits per heavy atom. The largest absolute Gasteiger partial charge is 0.480 e. The number of rotatable bonds is 8. The number of Topliss-reactive ketones (excluding diaryl/α,β-unsaturated/α-hetero) is 1. The number of furan rings is 1. The number of nitrogens with zero attached hydrogens (tertiary/aromatic N) is 1. The van der Waals surface area contributed by atoms with Crippen molar-refractivity contribution >= 4 is 17.7 Å². The third kappa shape index (κ3) is 4.77. The topological polar surface area (TPSA) is 97.0 Å². The van der Waals surface area contributed by atoms with Gasteiger partial charge in [0.1, 0.15) is 12.3 Å². The quantitative estimate of drug-likeness (QED) is 0.738. The van der Waals surface area contributed by atoms with E-state index in [1.165, 1.54) is 20.1 Å². The number of benzene rings is 1. The lowest BCUT2D eigenvalue weighted by atomic mass is 10.1. The summed E-state index contributed by atoms with van der Waals surface area (Å²) in [4.78, 5) is 35.8. The second-order valence-electron chi connectivity index (χ2n) is 5.41. The molecule has 7 nitrogen and oxygen atoms in total. The molecule has 0 spiro atoms. The second-order valence-corrected chi connectivity index (χ2v) is 5.41. The van der Waals surface area contributed by atoms with Crippen LogP contribution in [0.15, 0.2) is 40.8 Å². The summed E-state index contributed by atoms with van der Waals surface area (Å²) >= 11 is 0. The normalized spacial score (nSPS) is 10.5. The molecule has 1 amide bonds. The van der Waals surface area contributed by atoms with Crippen LogP contribution in [0.2, 0.25) is 0 Å². The maximum atomic E-state index is 12.4. The summed E-state index contributed by atoms with van der Waals surface area (Å²) in [6, 6.07) is 9.94. The van der Waals surface area contributed by atoms with Gasteiger partial charge >= 0.3 is 5.97 Å². The molecule has 0 radical (unpaired) electrons. The number of hydrogen-bond acceptors (Lipinski definition) is 5. The van der Waals surface area contributed by atoms with Crippen molar-refractivity contribution in [2.24, 2.45) is 0 Å². The molecule has 0 unspecified atom stereocenters. The lowest BCUT2D eigenvalue weighted by Gasteiger charge is -2.18. The van der Waals surface area contributed by atoms with E-state index >= 15 is 0 Å². The number of amides is 1. The summed E-state index contributed by atoms with van der Waals surface area (Å²) in [5.74, 6) is -1.17. The fraction of sp³-hybridized carbons (Fsp3) is 0.278. The van der Waals surface area contributed by atoms with E-state index in [2.05, 4.69) is 0 Å². The van der Waals surface area contributed by atoms with Crippen molar-refractivity contribution in [1.29, 1.82) is 0 Å². The summed E-state index contributed by atoms with van der Waals surface area (Å²) in [5, 5.41) is 8.94. The number of carbonyl (C=O) groups is 3. The lowest BCUT2D eigenvalue weighted by molar-refractivity contribution is -0.137. The maximum absolute atomic E-state index is 12.4. The van der Waals surface area contributed by atoms with Gasteiger partial charge in [0.05, 0.1) is 6.61 Å². The Hall–Kier alpha value is -2.93. The van der Waals surface area contributed by atoms with Gasteiger partial charge in [0.25, 0.3) is 5.91 Å². The number of methoxy groups -OCH3 is 1. The molecule has 0 saturated carbocycles. The van der Waals surface area contributed by atoms with Gasteiger partial charge in [-0.3, -0.25) is 14.4 Å². The zero-order valence-electron chi connectivity index (χ0n) is 14.0. The Labute approximate surface area is 144 Å². The highest BCUT2D eigenvalue weighted by Gasteiger charge is 2.21. The van der Waals surface area contributed by atoms with Crippen molar-refractivity contribution in [2.75, 3.05) is 26.8 Å². The molecule has 0 saturated heterocycles. The van der Waals surface area contributed by atoms with E-state index < -0.39 is 18.4 Å². The van der Waals surface area contributed by atoms with E-state index in [1.54, 1.807) is 30.3 Å². The van der Waals surface area contributed by atoms with Crippen molar-refractivity contribution in [1.82, 2.24) is 4.90 Å². The molecule has 1 aromatic carbocycles. The number of carbonyl (C=O) groups excluding carboxylic acids is 2. The summed E-state index contributed by atoms with van der Waals surface area (Å²) in [5.41, 5.74) is 1.30. The molecule has 2 aromatic rings. The van der Waals surface area contributed by atoms with Crippen molar-refractivity contribution in [2.45, 2.75) is 6.92 Å². The molecule has 2 rings (SSSR count). The zero-order valence-corrected chi connectivity index (χ0v) is 14.0. The summed E-state index contributed by atoms with van der Waals surface area (Å²) < 4.78 is 10.5. The maximum Gasteiger partial charge on any atom is 0.323 e. The molecule has 0 atom stereocenters. The molecule has 132 valence electrons. The Balaban J connectivity index is 2.18. The Kier molecular flexibility index (Phi) is 6.08. The summed E-state index contributed by atoms with van der Waals surface area (Å²) in [6.45, 7) is 1.41. The first-order chi connectivity index (χ1) is 11.9. The fourth-order valence-electron chi connectivity index (χ4n) is 2.25. The predicted octanol–water partition coefficient (Wildman–Crippen LogP) is 2.32. The minimum Gasteiger partial charge on any atom is -0.480 e. The van der Waals surface area contributed by atoms with E-state index in [1.807, 2.05) is 0 Å². The van der Waals surface area contributed by atoms with Crippen LogP contribution >= 0.6 is 0 Å². The van der Waals surface area contributed by atoms with Gasteiger partial charge in [-0.2, -0.15) is 0 Å². The van der Waals surface area contributed by atoms with Crippen LogP contribution in [0.4, 0.5) is 0 Å². The third-order valence-corrected chi connectivity index (χ3v) is 3.57. The van der Waals surface area contributed by atoms with E-state index in [-0.39, 0.29) is 24.7 Å². The summed E-state index contributed by atoms with van der Waals surface area (Å²) in [6.07, 6.45) is 0. The number of carboxylic acid groups (broad SMARTS) is 1. The van der Waals surface area contributed by atoms with E-state index in [4.69, 9.17) is 14.3 Å². The van der Waals surface area contributed by atoms with Gasteiger partial charge in [-0.25, -0.2) is 0 Å². The Morgan fingerprint density at radius 1 is 1.12 bits per heavy atom. The molecule has 7 heteroatoms. The van der Waals surface area contributed by atoms with Crippen LogP contribution in [0.1, 0.15) is 27.8 Å². The number of aliphatic carboxylic acids is 1. The highest BCUT2D eigenvalue weighted by molar-refractivity contribution is 5.95. The molecular formula is C18H19NO6. The van der Waals surface area contributed by atoms with E-state index in [0.717, 1.165) is 4.90 Å². The van der Waals surface area contributed by atoms with Gasteiger partial charge in [-0.1, -0.05) is 24.3 Å². The lowest BCUT2D eigenvalue weighted by Crippen LogP contribution is -2.37. The van der Waals surface area contributed by atoms with Crippen LogP contribution in [0.5, 0.6) is 0 Å². The Morgan fingerprint density at radius 2 is 1.80 bits per heavy atom. The summed E-state index contributed by atoms with van der Waals surface area (Å²) in [7, 11) is 1.47. The minimum absolute atomic E-state index is 0.0377. The predicted molar refractivity (Wildman–Crippen MR) is 89.6 cm³/mol. The smallest absolute Gasteiger partial charge is 0.323 e. The molecule has 0 aliphatic heterocycles. The molecule has 1 heterocycles. The average molecular weight is 345 g/mol. The SMILES string of the molecule is COCCN(CC(=O)O)C(=O)c1ccc(-c2ccc(C(C)=O)cc2)o1. The van der Waals surface area contributed by atoms with Crippen LogP contribution in [0.3, 0.4) is 0 Å². The first-order valence-electron chi connectivity index (χ1n) is 7.63. The fourth-order valence-corrected chi connectivity index (χ4v) is 2.25. The molecule has 25 heavy (non-hydrogen) atoms. The van der Waals surface area contributed by atoms with Gasteiger partial charge in [-0.15, -0.1) is 0 Å². The molecule has 1 aromatic heterocycles. The van der Waals surface area contributed by atoms with Crippen molar-refractivity contribution in [3.8, 4) is 11.3 Å². The standard InChI is InChI=1S/C18H19NO6/c1-12(20)13-3-5-14(6-4-13)15-7-8-16(25-15)18(23)19(9-10-24-2)11-17(21)22/h3-8H,9-11H2,1-2H3,(H,21,22). The van der Waals surface area contributed by atoms with Gasteiger partial charge < -0.3 is 19.2 Å². The number of ether oxygens (including phenoxy) is 1. The van der Waals surface area contributed by atoms with Crippen molar-refractivity contribution < 1.29 is 28.6 Å². The van der Waals surface area contributed by atoms with E-state index in [9.17, 15) is 14.4 Å². The van der Waals surface area contributed by atoms with Gasteiger partial charge in [0.15, 0.2) is 11.5 Å². The van der Waals surface area contributed by atoms with Gasteiger partial charge in [0, 0.05) is 24.8 Å². The zero-order chi connectivity index (χ0) is 18.4. The number of ketones is 1. The van der Waals surface area contributed by atoms with Crippen LogP contribution in [-0.4, -0.2) is 54.5 Å². The average Bonchev–Trinajstić information content (AvgIpc) is 3.07. The monoisotopic (exact) mass is 345 g/mol. The Bertz CT molecular complexity index is 762. The molecule has 1 N–H and O–H groups in total. The van der Waals surface area contributed by atoms with Gasteiger partial charge in [-0.05, 0) is 19.1 Å².